The van der Waals surface area contributed by atoms with Crippen molar-refractivity contribution >= 4 is 0 Å². The van der Waals surface area contributed by atoms with Crippen molar-refractivity contribution in [2.45, 2.75) is 0 Å². The first-order chi connectivity index (χ1) is 18.4. The van der Waals surface area contributed by atoms with Gasteiger partial charge in [-0.1, -0.05) is 0 Å². The number of nitrogens with two attached hydrogens (primary N) is 1. The smallest absolute Gasteiger partial charge is 0.113 e. The van der Waals surface area contributed by atoms with Crippen LogP contribution in [-0.4, -0.2) is 159 Å². The molecule has 37 heavy (non-hydrogen) atoms. The highest BCUT2D eigenvalue weighted by Gasteiger charge is 1.96. The third kappa shape index (κ3) is 35.5. The molecule has 0 aromatic carbocycles. The van der Waals surface area contributed by atoms with Gasteiger partial charge < -0.3 is 57.8 Å². The lowest BCUT2D eigenvalue weighted by Gasteiger charge is -2.09. The number of hydrogen-bond acceptors (Lipinski definition) is 12. The fraction of sp³-hybridized carbons (Fsp3) is 1.00. The van der Waals surface area contributed by atoms with Crippen LogP contribution in [0.1, 0.15) is 0 Å². The highest BCUT2D eigenvalue weighted by atomic mass is 19.1. The van der Waals surface area contributed by atoms with Crippen molar-refractivity contribution in [1.29, 1.82) is 0 Å². The molecule has 0 heterocycles. The Labute approximate surface area is 221 Å². The topological polar surface area (TPSA) is 128 Å². The van der Waals surface area contributed by atoms with Crippen LogP contribution in [0, 0.1) is 0 Å². The molecule has 0 fully saturated rings. The van der Waals surface area contributed by atoms with E-state index in [0.717, 1.165) is 0 Å². The normalized spacial score (nSPS) is 11.5. The molecule has 0 aliphatic rings. The minimum absolute atomic E-state index is 0.115. The third-order valence-corrected chi connectivity index (χ3v) is 4.20. The number of ether oxygens (including phenoxy) is 11. The van der Waals surface area contributed by atoms with Gasteiger partial charge in [-0.25, -0.2) is 4.39 Å². The number of rotatable bonds is 34. The van der Waals surface area contributed by atoms with E-state index in [-0.39, 0.29) is 6.61 Å². The highest BCUT2D eigenvalue weighted by Crippen LogP contribution is 1.87. The molecular weight excluding hydrogens is 497 g/mol. The van der Waals surface area contributed by atoms with E-state index in [2.05, 4.69) is 0 Å². The second kappa shape index (κ2) is 35.5. The molecule has 0 saturated carbocycles. The number of halogens is 1. The Balaban J connectivity index is 3.00. The molecule has 0 unspecified atom stereocenters. The lowest BCUT2D eigenvalue weighted by molar-refractivity contribution is -0.0275. The molecule has 0 rings (SSSR count). The SMILES string of the molecule is NCCOCCOCCOCCOCCOCCOCCOCCOCCOCCOCCOCCF. The van der Waals surface area contributed by atoms with Gasteiger partial charge in [-0.2, -0.15) is 0 Å². The van der Waals surface area contributed by atoms with Crippen LogP contribution in [0.3, 0.4) is 0 Å². The summed E-state index contributed by atoms with van der Waals surface area (Å²) < 4.78 is 70.5. The van der Waals surface area contributed by atoms with Crippen LogP contribution in [0.15, 0.2) is 0 Å². The van der Waals surface area contributed by atoms with Crippen molar-refractivity contribution in [2.24, 2.45) is 5.73 Å². The van der Waals surface area contributed by atoms with Gasteiger partial charge in [0.25, 0.3) is 0 Å². The average Bonchev–Trinajstić information content (AvgIpc) is 2.91. The van der Waals surface area contributed by atoms with Gasteiger partial charge in [0.2, 0.25) is 0 Å². The zero-order chi connectivity index (χ0) is 26.7. The second-order valence-electron chi connectivity index (χ2n) is 7.21. The molecule has 0 aromatic rings. The fourth-order valence-electron chi connectivity index (χ4n) is 2.44. The third-order valence-electron chi connectivity index (χ3n) is 4.20. The summed E-state index contributed by atoms with van der Waals surface area (Å²) in [6.45, 7) is 10.7. The molecule has 224 valence electrons. The first-order valence-corrected chi connectivity index (χ1v) is 13.0. The summed E-state index contributed by atoms with van der Waals surface area (Å²) in [5, 5.41) is 0. The predicted octanol–water partition coefficient (Wildman–Crippen LogP) is 0.0972. The van der Waals surface area contributed by atoms with E-state index >= 15 is 0 Å². The molecule has 0 amide bonds. The van der Waals surface area contributed by atoms with Gasteiger partial charge in [-0.3, -0.25) is 0 Å². The van der Waals surface area contributed by atoms with Crippen LogP contribution in [0.4, 0.5) is 4.39 Å². The van der Waals surface area contributed by atoms with Crippen LogP contribution in [0.5, 0.6) is 0 Å². The molecular formula is C24H50FNO11. The number of alkyl halides is 1. The molecule has 13 heteroatoms. The molecule has 0 aliphatic carbocycles. The Morgan fingerprint density at radius 1 is 0.270 bits per heavy atom. The first kappa shape index (κ1) is 36.5. The molecule has 0 spiro atoms. The average molecular weight is 548 g/mol. The van der Waals surface area contributed by atoms with Gasteiger partial charge in [0.05, 0.1) is 145 Å². The van der Waals surface area contributed by atoms with Crippen molar-refractivity contribution in [3.8, 4) is 0 Å². The molecule has 2 N–H and O–H groups in total. The van der Waals surface area contributed by atoms with E-state index in [1.165, 1.54) is 0 Å². The van der Waals surface area contributed by atoms with Crippen LogP contribution in [0.25, 0.3) is 0 Å². The van der Waals surface area contributed by atoms with Gasteiger partial charge in [0, 0.05) is 6.54 Å². The van der Waals surface area contributed by atoms with E-state index in [0.29, 0.717) is 145 Å². The zero-order valence-electron chi connectivity index (χ0n) is 22.4. The summed E-state index contributed by atoms with van der Waals surface area (Å²) >= 11 is 0. The van der Waals surface area contributed by atoms with E-state index in [1.807, 2.05) is 0 Å². The summed E-state index contributed by atoms with van der Waals surface area (Å²) in [6.07, 6.45) is 0. The molecule has 0 aromatic heterocycles. The summed E-state index contributed by atoms with van der Waals surface area (Å²) in [6, 6.07) is 0. The molecule has 12 nitrogen and oxygen atoms in total. The molecule has 0 saturated heterocycles. The number of hydrogen-bond donors (Lipinski definition) is 1. The Kier molecular flexibility index (Phi) is 34.9. The highest BCUT2D eigenvalue weighted by molar-refractivity contribution is 4.39. The van der Waals surface area contributed by atoms with Gasteiger partial charge in [0.15, 0.2) is 0 Å². The van der Waals surface area contributed by atoms with Crippen molar-refractivity contribution in [2.75, 3.05) is 159 Å². The lowest BCUT2D eigenvalue weighted by atomic mass is 10.6. The Morgan fingerprint density at radius 2 is 0.432 bits per heavy atom. The fourth-order valence-corrected chi connectivity index (χ4v) is 2.44. The van der Waals surface area contributed by atoms with Crippen LogP contribution in [-0.2, 0) is 52.1 Å². The quantitative estimate of drug-likeness (QED) is 0.110. The van der Waals surface area contributed by atoms with Crippen molar-refractivity contribution in [3.05, 3.63) is 0 Å². The van der Waals surface area contributed by atoms with Crippen LogP contribution >= 0.6 is 0 Å². The van der Waals surface area contributed by atoms with Gasteiger partial charge in [0.1, 0.15) is 6.67 Å². The minimum Gasteiger partial charge on any atom is -0.378 e. The van der Waals surface area contributed by atoms with E-state index in [4.69, 9.17) is 57.8 Å². The Hall–Kier alpha value is -0.550. The van der Waals surface area contributed by atoms with E-state index in [9.17, 15) is 4.39 Å². The molecule has 0 radical (unpaired) electrons. The van der Waals surface area contributed by atoms with Gasteiger partial charge in [-0.15, -0.1) is 0 Å². The maximum absolute atomic E-state index is 11.8. The molecule has 0 aliphatic heterocycles. The van der Waals surface area contributed by atoms with E-state index in [1.54, 1.807) is 0 Å². The molecule has 0 bridgehead atoms. The van der Waals surface area contributed by atoms with Crippen LogP contribution < -0.4 is 5.73 Å². The lowest BCUT2D eigenvalue weighted by Crippen LogP contribution is -2.15. The Morgan fingerprint density at radius 3 is 0.595 bits per heavy atom. The van der Waals surface area contributed by atoms with Crippen molar-refractivity contribution < 1.29 is 56.5 Å². The largest absolute Gasteiger partial charge is 0.378 e. The van der Waals surface area contributed by atoms with Crippen molar-refractivity contribution in [3.63, 3.8) is 0 Å². The Bertz CT molecular complexity index is 370. The monoisotopic (exact) mass is 547 g/mol. The van der Waals surface area contributed by atoms with Gasteiger partial charge in [-0.05, 0) is 0 Å². The summed E-state index contributed by atoms with van der Waals surface area (Å²) in [5.41, 5.74) is 5.32. The first-order valence-electron chi connectivity index (χ1n) is 13.0. The van der Waals surface area contributed by atoms with Crippen molar-refractivity contribution in [1.82, 2.24) is 0 Å². The zero-order valence-corrected chi connectivity index (χ0v) is 22.4. The minimum atomic E-state index is -0.473. The maximum atomic E-state index is 11.8. The maximum Gasteiger partial charge on any atom is 0.113 e. The van der Waals surface area contributed by atoms with Gasteiger partial charge >= 0.3 is 0 Å². The predicted molar refractivity (Wildman–Crippen MR) is 134 cm³/mol. The standard InChI is InChI=1S/C24H50FNO11/c25-1-3-27-5-7-29-9-11-31-13-15-33-17-19-35-21-23-37-24-22-36-20-18-34-16-14-32-12-10-30-8-6-28-4-2-26/h1-24,26H2. The molecule has 0 atom stereocenters. The summed E-state index contributed by atoms with van der Waals surface area (Å²) in [7, 11) is 0. The summed E-state index contributed by atoms with van der Waals surface area (Å²) in [4.78, 5) is 0. The van der Waals surface area contributed by atoms with E-state index < -0.39 is 6.67 Å². The second-order valence-corrected chi connectivity index (χ2v) is 7.21. The summed E-state index contributed by atoms with van der Waals surface area (Å²) in [5.74, 6) is 0. The van der Waals surface area contributed by atoms with Crippen LogP contribution in [0.2, 0.25) is 0 Å².